The molecule has 0 bridgehead atoms. The van der Waals surface area contributed by atoms with E-state index in [9.17, 15) is 8.78 Å². The molecule has 0 amide bonds. The Balaban J connectivity index is 0.00000338. The fourth-order valence-corrected chi connectivity index (χ4v) is 3.37. The molecule has 1 atom stereocenters. The molecule has 8 heteroatoms. The van der Waals surface area contributed by atoms with Crippen LogP contribution in [0.3, 0.4) is 0 Å². The van der Waals surface area contributed by atoms with Gasteiger partial charge in [0, 0.05) is 28.9 Å². The summed E-state index contributed by atoms with van der Waals surface area (Å²) in [4.78, 5) is 8.41. The molecule has 144 valence electrons. The maximum atomic E-state index is 14.1. The van der Waals surface area contributed by atoms with Gasteiger partial charge < -0.3 is 15.5 Å². The molecule has 2 aromatic rings. The van der Waals surface area contributed by atoms with Gasteiger partial charge in [0.25, 0.3) is 0 Å². The topological polar surface area (TPSA) is 39.7 Å². The van der Waals surface area contributed by atoms with E-state index in [-0.39, 0.29) is 29.5 Å². The van der Waals surface area contributed by atoms with Crippen LogP contribution in [-0.4, -0.2) is 38.5 Å². The summed E-state index contributed by atoms with van der Waals surface area (Å²) in [5.41, 5.74) is 0.0596. The predicted molar refractivity (Wildman–Crippen MR) is 115 cm³/mol. The first-order valence-electron chi connectivity index (χ1n) is 8.02. The summed E-state index contributed by atoms with van der Waals surface area (Å²) in [5.74, 6) is -0.496. The van der Waals surface area contributed by atoms with Crippen LogP contribution in [0.15, 0.2) is 35.3 Å². The number of benzene rings is 1. The Kier molecular flexibility index (Phi) is 9.45. The van der Waals surface area contributed by atoms with E-state index in [4.69, 9.17) is 0 Å². The van der Waals surface area contributed by atoms with Crippen molar-refractivity contribution in [2.45, 2.75) is 19.5 Å². The molecule has 2 N–H and O–H groups in total. The van der Waals surface area contributed by atoms with E-state index in [2.05, 4.69) is 34.7 Å². The lowest BCUT2D eigenvalue weighted by molar-refractivity contribution is 0.282. The Morgan fingerprint density at radius 2 is 1.81 bits per heavy atom. The molecule has 26 heavy (non-hydrogen) atoms. The molecule has 1 heterocycles. The number of aliphatic imine (C=N–C) groups is 1. The third-order valence-electron chi connectivity index (χ3n) is 3.87. The molecule has 1 unspecified atom stereocenters. The summed E-state index contributed by atoms with van der Waals surface area (Å²) in [5, 5.41) is 6.37. The number of nitrogens with one attached hydrogen (secondary N) is 2. The van der Waals surface area contributed by atoms with Crippen molar-refractivity contribution in [1.82, 2.24) is 15.5 Å². The normalized spacial score (nSPS) is 12.7. The smallest absolute Gasteiger partial charge is 0.191 e. The highest BCUT2D eigenvalue weighted by Gasteiger charge is 2.22. The highest BCUT2D eigenvalue weighted by Crippen LogP contribution is 2.23. The van der Waals surface area contributed by atoms with E-state index >= 15 is 0 Å². The van der Waals surface area contributed by atoms with Gasteiger partial charge in [0.2, 0.25) is 0 Å². The van der Waals surface area contributed by atoms with Gasteiger partial charge in [-0.15, -0.1) is 35.3 Å². The standard InChI is InChI=1S/C18H24F2N4S.HI/c1-12-8-9-13(25-12)10-22-18(21-2)23-11-16(24(3)4)17-14(19)6-5-7-15(17)20;/h5-9,16H,10-11H2,1-4H3,(H2,21,22,23);1H. The Morgan fingerprint density at radius 3 is 2.31 bits per heavy atom. The number of likely N-dealkylation sites (N-methyl/N-ethyl adjacent to an activating group) is 1. The van der Waals surface area contributed by atoms with Crippen molar-refractivity contribution in [1.29, 1.82) is 0 Å². The Bertz CT molecular complexity index is 713. The lowest BCUT2D eigenvalue weighted by atomic mass is 10.0. The number of halogens is 3. The van der Waals surface area contributed by atoms with Gasteiger partial charge in [0.1, 0.15) is 11.6 Å². The van der Waals surface area contributed by atoms with Crippen molar-refractivity contribution < 1.29 is 8.78 Å². The highest BCUT2D eigenvalue weighted by atomic mass is 127. The van der Waals surface area contributed by atoms with Gasteiger partial charge in [0.15, 0.2) is 5.96 Å². The maximum absolute atomic E-state index is 14.1. The van der Waals surface area contributed by atoms with Gasteiger partial charge in [0.05, 0.1) is 12.6 Å². The van der Waals surface area contributed by atoms with Crippen LogP contribution in [-0.2, 0) is 6.54 Å². The summed E-state index contributed by atoms with van der Waals surface area (Å²) in [6.45, 7) is 3.04. The van der Waals surface area contributed by atoms with Crippen molar-refractivity contribution >= 4 is 41.3 Å². The zero-order valence-corrected chi connectivity index (χ0v) is 18.5. The lowest BCUT2D eigenvalue weighted by Crippen LogP contribution is -2.41. The summed E-state index contributed by atoms with van der Waals surface area (Å²) < 4.78 is 28.2. The number of thiophene rings is 1. The zero-order chi connectivity index (χ0) is 18.4. The van der Waals surface area contributed by atoms with Gasteiger partial charge in [-0.25, -0.2) is 8.78 Å². The highest BCUT2D eigenvalue weighted by molar-refractivity contribution is 14.0. The summed E-state index contributed by atoms with van der Waals surface area (Å²) in [7, 11) is 5.26. The second-order valence-electron chi connectivity index (χ2n) is 5.93. The number of aryl methyl sites for hydroxylation is 1. The fraction of sp³-hybridized carbons (Fsp3) is 0.389. The third kappa shape index (κ3) is 6.17. The SMILES string of the molecule is CN=C(NCc1ccc(C)s1)NCC(c1c(F)cccc1F)N(C)C.I. The first kappa shape index (κ1) is 22.8. The van der Waals surface area contributed by atoms with Gasteiger partial charge in [-0.3, -0.25) is 4.99 Å². The van der Waals surface area contributed by atoms with E-state index in [1.807, 2.05) is 0 Å². The Hall–Kier alpha value is -1.26. The largest absolute Gasteiger partial charge is 0.354 e. The molecular formula is C18H25F2IN4S. The van der Waals surface area contributed by atoms with Gasteiger partial charge in [-0.05, 0) is 45.3 Å². The first-order chi connectivity index (χ1) is 11.9. The Morgan fingerprint density at radius 1 is 1.15 bits per heavy atom. The first-order valence-corrected chi connectivity index (χ1v) is 8.84. The van der Waals surface area contributed by atoms with Crippen LogP contribution in [0.4, 0.5) is 8.78 Å². The number of nitrogens with zero attached hydrogens (tertiary/aromatic N) is 2. The molecule has 0 spiro atoms. The number of guanidine groups is 1. The summed E-state index contributed by atoms with van der Waals surface area (Å²) >= 11 is 1.72. The minimum absolute atomic E-state index is 0. The van der Waals surface area contributed by atoms with Crippen LogP contribution in [0.5, 0.6) is 0 Å². The molecule has 0 aliphatic rings. The van der Waals surface area contributed by atoms with E-state index in [1.54, 1.807) is 37.4 Å². The predicted octanol–water partition coefficient (Wildman–Crippen LogP) is 3.92. The third-order valence-corrected chi connectivity index (χ3v) is 4.87. The van der Waals surface area contributed by atoms with Crippen LogP contribution >= 0.6 is 35.3 Å². The van der Waals surface area contributed by atoms with E-state index in [1.165, 1.54) is 28.0 Å². The average molecular weight is 494 g/mol. The van der Waals surface area contributed by atoms with Crippen LogP contribution in [0.25, 0.3) is 0 Å². The molecule has 4 nitrogen and oxygen atoms in total. The number of hydrogen-bond donors (Lipinski definition) is 2. The molecule has 0 saturated carbocycles. The van der Waals surface area contributed by atoms with Crippen molar-refractivity contribution in [3.8, 4) is 0 Å². The maximum Gasteiger partial charge on any atom is 0.191 e. The number of rotatable bonds is 6. The van der Waals surface area contributed by atoms with Crippen LogP contribution < -0.4 is 10.6 Å². The molecule has 0 aliphatic carbocycles. The van der Waals surface area contributed by atoms with Crippen molar-refractivity contribution in [2.75, 3.05) is 27.7 Å². The fourth-order valence-electron chi connectivity index (χ4n) is 2.54. The molecule has 1 aromatic carbocycles. The monoisotopic (exact) mass is 494 g/mol. The molecule has 0 fully saturated rings. The van der Waals surface area contributed by atoms with Crippen LogP contribution in [0, 0.1) is 18.6 Å². The molecule has 0 saturated heterocycles. The average Bonchev–Trinajstić information content (AvgIpc) is 2.98. The van der Waals surface area contributed by atoms with Crippen molar-refractivity contribution in [3.63, 3.8) is 0 Å². The van der Waals surface area contributed by atoms with Crippen LogP contribution in [0.1, 0.15) is 21.4 Å². The van der Waals surface area contributed by atoms with Gasteiger partial charge >= 0.3 is 0 Å². The zero-order valence-electron chi connectivity index (χ0n) is 15.3. The molecule has 0 aliphatic heterocycles. The molecule has 2 rings (SSSR count). The lowest BCUT2D eigenvalue weighted by Gasteiger charge is -2.26. The molecule has 1 aromatic heterocycles. The van der Waals surface area contributed by atoms with Gasteiger partial charge in [-0.1, -0.05) is 6.07 Å². The molecular weight excluding hydrogens is 469 g/mol. The van der Waals surface area contributed by atoms with E-state index in [0.29, 0.717) is 19.0 Å². The minimum atomic E-state index is -0.544. The quantitative estimate of drug-likeness (QED) is 0.364. The Labute approximate surface area is 174 Å². The summed E-state index contributed by atoms with van der Waals surface area (Å²) in [6.07, 6.45) is 0. The number of hydrogen-bond acceptors (Lipinski definition) is 3. The summed E-state index contributed by atoms with van der Waals surface area (Å²) in [6, 6.07) is 7.61. The van der Waals surface area contributed by atoms with E-state index < -0.39 is 17.7 Å². The molecule has 0 radical (unpaired) electrons. The second-order valence-corrected chi connectivity index (χ2v) is 7.31. The van der Waals surface area contributed by atoms with Crippen molar-refractivity contribution in [3.05, 3.63) is 57.3 Å². The van der Waals surface area contributed by atoms with Gasteiger partial charge in [-0.2, -0.15) is 0 Å². The van der Waals surface area contributed by atoms with E-state index in [0.717, 1.165) is 0 Å². The minimum Gasteiger partial charge on any atom is -0.354 e. The van der Waals surface area contributed by atoms with Crippen molar-refractivity contribution in [2.24, 2.45) is 4.99 Å². The second kappa shape index (κ2) is 10.8. The van der Waals surface area contributed by atoms with Crippen LogP contribution in [0.2, 0.25) is 0 Å².